The van der Waals surface area contributed by atoms with Gasteiger partial charge in [0.2, 0.25) is 0 Å². The molecule has 23 heavy (non-hydrogen) atoms. The van der Waals surface area contributed by atoms with Crippen LogP contribution in [0, 0.1) is 0 Å². The van der Waals surface area contributed by atoms with E-state index in [9.17, 15) is 4.79 Å². The zero-order chi connectivity index (χ0) is 17.8. The number of rotatable bonds is 6. The monoisotopic (exact) mass is 334 g/mol. The Labute approximate surface area is 141 Å². The van der Waals surface area contributed by atoms with Crippen LogP contribution in [0.1, 0.15) is 39.2 Å². The Hall–Kier alpha value is -1.39. The molecule has 0 aliphatic carbocycles. The average molecular weight is 335 g/mol. The molecule has 0 heterocycles. The van der Waals surface area contributed by atoms with E-state index in [0.29, 0.717) is 0 Å². The van der Waals surface area contributed by atoms with Gasteiger partial charge in [-0.15, -0.1) is 0 Å². The van der Waals surface area contributed by atoms with Crippen LogP contribution in [0.4, 0.5) is 0 Å². The van der Waals surface area contributed by atoms with Gasteiger partial charge in [-0.05, 0) is 30.6 Å². The van der Waals surface area contributed by atoms with Crippen LogP contribution < -0.4 is 0 Å². The van der Waals surface area contributed by atoms with Crippen LogP contribution in [0.25, 0.3) is 0 Å². The summed E-state index contributed by atoms with van der Waals surface area (Å²) in [6.45, 7) is 16.8. The number of carbonyl (C=O) groups excluding carboxylic acids is 1. The van der Waals surface area contributed by atoms with E-state index in [1.165, 1.54) is 7.11 Å². The van der Waals surface area contributed by atoms with Crippen LogP contribution in [0.15, 0.2) is 42.5 Å². The molecule has 0 spiro atoms. The molecule has 0 saturated heterocycles. The number of hydrogen-bond acceptors (Lipinski definition) is 3. The molecular weight excluding hydrogens is 304 g/mol. The lowest BCUT2D eigenvalue weighted by Crippen LogP contribution is -2.48. The van der Waals surface area contributed by atoms with Crippen molar-refractivity contribution in [2.45, 2.75) is 57.8 Å². The predicted molar refractivity (Wildman–Crippen MR) is 98.1 cm³/mol. The molecule has 0 aliphatic rings. The fourth-order valence-electron chi connectivity index (χ4n) is 2.24. The Morgan fingerprint density at radius 3 is 2.09 bits per heavy atom. The van der Waals surface area contributed by atoms with Crippen molar-refractivity contribution in [3.05, 3.63) is 48.0 Å². The third-order valence-electron chi connectivity index (χ3n) is 4.65. The third kappa shape index (κ3) is 4.79. The lowest BCUT2D eigenvalue weighted by atomic mass is 9.88. The van der Waals surface area contributed by atoms with E-state index in [0.717, 1.165) is 11.1 Å². The van der Waals surface area contributed by atoms with Crippen LogP contribution >= 0.6 is 0 Å². The Morgan fingerprint density at radius 2 is 1.70 bits per heavy atom. The number of hydrogen-bond donors (Lipinski definition) is 0. The maximum Gasteiger partial charge on any atom is 0.334 e. The molecule has 0 bridgehead atoms. The number of benzene rings is 1. The maximum absolute atomic E-state index is 12.5. The van der Waals surface area contributed by atoms with Crippen LogP contribution in [-0.4, -0.2) is 27.5 Å². The van der Waals surface area contributed by atoms with Crippen molar-refractivity contribution in [2.75, 3.05) is 7.11 Å². The van der Waals surface area contributed by atoms with Gasteiger partial charge in [-0.1, -0.05) is 63.3 Å². The van der Waals surface area contributed by atoms with Gasteiger partial charge < -0.3 is 9.16 Å². The van der Waals surface area contributed by atoms with Gasteiger partial charge in [0.1, 0.15) is 0 Å². The minimum atomic E-state index is -2.13. The van der Waals surface area contributed by atoms with Gasteiger partial charge in [0.25, 0.3) is 0 Å². The standard InChI is InChI=1S/C19H30O3Si/c1-14(2)16(15-12-10-9-11-13-15)17(18(20)21-6)22-23(7,8)19(3,4)5/h9-13,16-17H,1H2,2-8H3/t16-,17+/m1/s1. The SMILES string of the molecule is C=C(C)[C@H](c1ccccc1)[C@H](O[Si](C)(C)C(C)(C)C)C(=O)OC. The smallest absolute Gasteiger partial charge is 0.334 e. The highest BCUT2D eigenvalue weighted by atomic mass is 28.4. The van der Waals surface area contributed by atoms with Crippen LogP contribution in [0.3, 0.4) is 0 Å². The van der Waals surface area contributed by atoms with Crippen LogP contribution in [-0.2, 0) is 14.0 Å². The second-order valence-corrected chi connectivity index (χ2v) is 12.3. The average Bonchev–Trinajstić information content (AvgIpc) is 2.45. The Morgan fingerprint density at radius 1 is 1.17 bits per heavy atom. The molecule has 2 atom stereocenters. The van der Waals surface area contributed by atoms with Gasteiger partial charge in [0, 0.05) is 5.92 Å². The summed E-state index contributed by atoms with van der Waals surface area (Å²) in [6, 6.07) is 9.90. The molecule has 0 aromatic heterocycles. The molecule has 1 aromatic rings. The molecule has 4 heteroatoms. The fourth-order valence-corrected chi connectivity index (χ4v) is 3.46. The van der Waals surface area contributed by atoms with Crippen molar-refractivity contribution in [1.29, 1.82) is 0 Å². The van der Waals surface area contributed by atoms with E-state index in [1.54, 1.807) is 0 Å². The summed E-state index contributed by atoms with van der Waals surface area (Å²) in [5, 5.41) is 0.00951. The van der Waals surface area contributed by atoms with Gasteiger partial charge in [-0.3, -0.25) is 0 Å². The summed E-state index contributed by atoms with van der Waals surface area (Å²) in [5.74, 6) is -0.551. The third-order valence-corrected chi connectivity index (χ3v) is 9.11. The minimum Gasteiger partial charge on any atom is -0.467 e. The lowest BCUT2D eigenvalue weighted by molar-refractivity contribution is -0.150. The Balaban J connectivity index is 3.28. The molecule has 128 valence electrons. The molecule has 0 unspecified atom stereocenters. The highest BCUT2D eigenvalue weighted by Gasteiger charge is 2.43. The second-order valence-electron chi connectivity index (χ2n) is 7.56. The number of ether oxygens (including phenoxy) is 1. The van der Waals surface area contributed by atoms with Crippen molar-refractivity contribution < 1.29 is 14.0 Å². The van der Waals surface area contributed by atoms with E-state index >= 15 is 0 Å². The summed E-state index contributed by atoms with van der Waals surface area (Å²) in [7, 11) is -0.723. The van der Waals surface area contributed by atoms with Crippen molar-refractivity contribution in [3.8, 4) is 0 Å². The van der Waals surface area contributed by atoms with E-state index < -0.39 is 14.4 Å². The molecule has 0 N–H and O–H groups in total. The topological polar surface area (TPSA) is 35.5 Å². The molecule has 1 aromatic carbocycles. The molecule has 1 rings (SSSR count). The zero-order valence-electron chi connectivity index (χ0n) is 15.5. The molecule has 0 aliphatic heterocycles. The van der Waals surface area contributed by atoms with Gasteiger partial charge in [0.15, 0.2) is 14.4 Å². The number of methoxy groups -OCH3 is 1. The molecule has 0 amide bonds. The van der Waals surface area contributed by atoms with E-state index in [1.807, 2.05) is 37.3 Å². The Kier molecular flexibility index (Phi) is 6.37. The molecule has 0 saturated carbocycles. The Bertz CT molecular complexity index is 543. The van der Waals surface area contributed by atoms with Crippen molar-refractivity contribution in [2.24, 2.45) is 0 Å². The normalized spacial score (nSPS) is 14.9. The highest BCUT2D eigenvalue weighted by molar-refractivity contribution is 6.74. The van der Waals surface area contributed by atoms with Gasteiger partial charge >= 0.3 is 5.97 Å². The van der Waals surface area contributed by atoms with Crippen molar-refractivity contribution in [1.82, 2.24) is 0 Å². The zero-order valence-corrected chi connectivity index (χ0v) is 16.5. The molecule has 0 fully saturated rings. The minimum absolute atomic E-state index is 0.00951. The van der Waals surface area contributed by atoms with E-state index in [2.05, 4.69) is 40.4 Å². The first-order valence-corrected chi connectivity index (χ1v) is 10.9. The summed E-state index contributed by atoms with van der Waals surface area (Å²) < 4.78 is 11.5. The van der Waals surface area contributed by atoms with Gasteiger partial charge in [-0.2, -0.15) is 0 Å². The van der Waals surface area contributed by atoms with E-state index in [-0.39, 0.29) is 16.9 Å². The van der Waals surface area contributed by atoms with E-state index in [4.69, 9.17) is 9.16 Å². The highest BCUT2D eigenvalue weighted by Crippen LogP contribution is 2.40. The molecule has 0 radical (unpaired) electrons. The molecular formula is C19H30O3Si. The fraction of sp³-hybridized carbons (Fsp3) is 0.526. The lowest BCUT2D eigenvalue weighted by Gasteiger charge is -2.40. The summed E-state index contributed by atoms with van der Waals surface area (Å²) >= 11 is 0. The van der Waals surface area contributed by atoms with Crippen LogP contribution in [0.2, 0.25) is 18.1 Å². The largest absolute Gasteiger partial charge is 0.467 e. The first kappa shape index (κ1) is 19.7. The quantitative estimate of drug-likeness (QED) is 0.421. The maximum atomic E-state index is 12.5. The predicted octanol–water partition coefficient (Wildman–Crippen LogP) is 4.91. The summed E-state index contributed by atoms with van der Waals surface area (Å²) in [6.07, 6.45) is -0.666. The summed E-state index contributed by atoms with van der Waals surface area (Å²) in [5.41, 5.74) is 1.92. The number of esters is 1. The molecule has 3 nitrogen and oxygen atoms in total. The first-order valence-electron chi connectivity index (χ1n) is 7.97. The van der Waals surface area contributed by atoms with Crippen molar-refractivity contribution in [3.63, 3.8) is 0 Å². The first-order chi connectivity index (χ1) is 10.5. The second kappa shape index (κ2) is 7.45. The summed E-state index contributed by atoms with van der Waals surface area (Å²) in [4.78, 5) is 12.5. The van der Waals surface area contributed by atoms with Crippen LogP contribution in [0.5, 0.6) is 0 Å². The van der Waals surface area contributed by atoms with Crippen molar-refractivity contribution >= 4 is 14.3 Å². The number of carbonyl (C=O) groups is 1. The van der Waals surface area contributed by atoms with Gasteiger partial charge in [-0.25, -0.2) is 4.79 Å². The van der Waals surface area contributed by atoms with Gasteiger partial charge in [0.05, 0.1) is 7.11 Å².